The van der Waals surface area contributed by atoms with Crippen molar-refractivity contribution in [2.24, 2.45) is 7.05 Å². The fraction of sp³-hybridized carbons (Fsp3) is 0.381. The number of halogens is 1. The average Bonchev–Trinajstić information content (AvgIpc) is 2.99. The van der Waals surface area contributed by atoms with E-state index in [1.54, 1.807) is 12.4 Å². The Labute approximate surface area is 170 Å². The van der Waals surface area contributed by atoms with E-state index in [2.05, 4.69) is 16.8 Å². The Hall–Kier alpha value is -2.38. The van der Waals surface area contributed by atoms with E-state index in [9.17, 15) is 4.39 Å². The van der Waals surface area contributed by atoms with Gasteiger partial charge in [-0.05, 0) is 48.5 Å². The molecule has 1 aromatic carbocycles. The summed E-state index contributed by atoms with van der Waals surface area (Å²) in [5, 5.41) is 4.74. The number of pyridine rings is 1. The number of aromatic nitrogens is 4. The Balaban J connectivity index is 1.81. The topological polar surface area (TPSA) is 38.9 Å². The van der Waals surface area contributed by atoms with E-state index < -0.39 is 0 Å². The highest BCUT2D eigenvalue weighted by Crippen LogP contribution is 2.17. The van der Waals surface area contributed by atoms with Crippen molar-refractivity contribution in [3.63, 3.8) is 0 Å². The van der Waals surface area contributed by atoms with Gasteiger partial charge in [-0.15, -0.1) is 0 Å². The second kappa shape index (κ2) is 9.71. The number of benzene rings is 1. The fourth-order valence-corrected chi connectivity index (χ4v) is 3.33. The number of unbranched alkanes of at least 4 members (excludes halogenated alkanes) is 2. The lowest BCUT2D eigenvalue weighted by atomic mass is 10.2. The SMILES string of the molecule is CCCCCN(Cc1ccc(F)cc1)Cn1nc(-c2cccnc2)n(C)c1=S. The van der Waals surface area contributed by atoms with Crippen LogP contribution in [0.25, 0.3) is 11.4 Å². The summed E-state index contributed by atoms with van der Waals surface area (Å²) in [5.41, 5.74) is 2.01. The molecule has 5 nitrogen and oxygen atoms in total. The molecule has 0 aliphatic carbocycles. The van der Waals surface area contributed by atoms with Crippen LogP contribution in [0.4, 0.5) is 4.39 Å². The quantitative estimate of drug-likeness (QED) is 0.383. The lowest BCUT2D eigenvalue weighted by Gasteiger charge is -2.22. The molecule has 0 atom stereocenters. The molecule has 2 aromatic heterocycles. The van der Waals surface area contributed by atoms with Crippen molar-refractivity contribution >= 4 is 12.2 Å². The Kier molecular flexibility index (Phi) is 7.06. The van der Waals surface area contributed by atoms with Crippen molar-refractivity contribution in [2.45, 2.75) is 39.4 Å². The van der Waals surface area contributed by atoms with Crippen LogP contribution in [0, 0.1) is 10.6 Å². The van der Waals surface area contributed by atoms with Crippen molar-refractivity contribution < 1.29 is 4.39 Å². The van der Waals surface area contributed by atoms with Gasteiger partial charge in [0.05, 0.1) is 6.67 Å². The average molecular weight is 400 g/mol. The molecule has 28 heavy (non-hydrogen) atoms. The summed E-state index contributed by atoms with van der Waals surface area (Å²) in [6, 6.07) is 10.6. The van der Waals surface area contributed by atoms with Crippen LogP contribution < -0.4 is 0 Å². The predicted molar refractivity (Wildman–Crippen MR) is 112 cm³/mol. The highest BCUT2D eigenvalue weighted by atomic mass is 32.1. The van der Waals surface area contributed by atoms with E-state index in [4.69, 9.17) is 17.3 Å². The third kappa shape index (κ3) is 5.11. The third-order valence-corrected chi connectivity index (χ3v) is 5.18. The molecule has 0 bridgehead atoms. The van der Waals surface area contributed by atoms with Gasteiger partial charge in [0.2, 0.25) is 0 Å². The van der Waals surface area contributed by atoms with Crippen LogP contribution in [-0.2, 0) is 20.3 Å². The van der Waals surface area contributed by atoms with Gasteiger partial charge < -0.3 is 4.57 Å². The Morgan fingerprint density at radius 2 is 1.93 bits per heavy atom. The number of hydrogen-bond acceptors (Lipinski definition) is 4. The molecule has 0 aliphatic rings. The summed E-state index contributed by atoms with van der Waals surface area (Å²) in [6.07, 6.45) is 6.98. The normalized spacial score (nSPS) is 11.3. The molecule has 0 saturated heterocycles. The summed E-state index contributed by atoms with van der Waals surface area (Å²) in [6.45, 7) is 4.45. The van der Waals surface area contributed by atoms with E-state index in [1.807, 2.05) is 40.6 Å². The molecule has 0 fully saturated rings. The highest BCUT2D eigenvalue weighted by molar-refractivity contribution is 7.71. The zero-order valence-corrected chi connectivity index (χ0v) is 17.2. The van der Waals surface area contributed by atoms with Crippen LogP contribution >= 0.6 is 12.2 Å². The molecule has 3 rings (SSSR count). The molecule has 0 aliphatic heterocycles. The summed E-state index contributed by atoms with van der Waals surface area (Å²) in [4.78, 5) is 6.48. The first-order valence-corrected chi connectivity index (χ1v) is 10.0. The maximum Gasteiger partial charge on any atom is 0.199 e. The molecule has 0 N–H and O–H groups in total. The van der Waals surface area contributed by atoms with Gasteiger partial charge >= 0.3 is 0 Å². The minimum Gasteiger partial charge on any atom is -0.303 e. The largest absolute Gasteiger partial charge is 0.303 e. The van der Waals surface area contributed by atoms with Crippen LogP contribution in [-0.4, -0.2) is 30.8 Å². The molecule has 148 valence electrons. The first-order chi connectivity index (χ1) is 13.6. The first-order valence-electron chi connectivity index (χ1n) is 9.59. The monoisotopic (exact) mass is 399 g/mol. The number of nitrogens with zero attached hydrogens (tertiary/aromatic N) is 5. The Bertz CT molecular complexity index is 934. The molecule has 3 aromatic rings. The van der Waals surface area contributed by atoms with Gasteiger partial charge in [-0.2, -0.15) is 5.10 Å². The Morgan fingerprint density at radius 1 is 1.14 bits per heavy atom. The van der Waals surface area contributed by atoms with Gasteiger partial charge in [-0.1, -0.05) is 31.9 Å². The fourth-order valence-electron chi connectivity index (χ4n) is 3.15. The molecule has 0 unspecified atom stereocenters. The second-order valence-electron chi connectivity index (χ2n) is 6.93. The minimum absolute atomic E-state index is 0.214. The summed E-state index contributed by atoms with van der Waals surface area (Å²) in [7, 11) is 1.93. The van der Waals surface area contributed by atoms with Crippen molar-refractivity contribution in [2.75, 3.05) is 6.54 Å². The lowest BCUT2D eigenvalue weighted by Crippen LogP contribution is -2.28. The van der Waals surface area contributed by atoms with Crippen molar-refractivity contribution in [3.05, 3.63) is 64.9 Å². The molecule has 7 heteroatoms. The van der Waals surface area contributed by atoms with Gasteiger partial charge in [0.1, 0.15) is 5.82 Å². The van der Waals surface area contributed by atoms with E-state index in [1.165, 1.54) is 25.0 Å². The van der Waals surface area contributed by atoms with Crippen molar-refractivity contribution in [1.29, 1.82) is 0 Å². The summed E-state index contributed by atoms with van der Waals surface area (Å²) >= 11 is 5.62. The van der Waals surface area contributed by atoms with Crippen LogP contribution in [0.1, 0.15) is 31.7 Å². The molecule has 0 radical (unpaired) electrons. The van der Waals surface area contributed by atoms with Crippen LogP contribution in [0.3, 0.4) is 0 Å². The zero-order chi connectivity index (χ0) is 19.9. The van der Waals surface area contributed by atoms with Crippen LogP contribution in [0.2, 0.25) is 0 Å². The maximum absolute atomic E-state index is 13.2. The van der Waals surface area contributed by atoms with Gasteiger partial charge in [-0.25, -0.2) is 9.07 Å². The summed E-state index contributed by atoms with van der Waals surface area (Å²) in [5.74, 6) is 0.586. The first kappa shape index (κ1) is 20.4. The maximum atomic E-state index is 13.2. The molecule has 0 spiro atoms. The van der Waals surface area contributed by atoms with E-state index in [0.717, 1.165) is 36.5 Å². The van der Waals surface area contributed by atoms with E-state index >= 15 is 0 Å². The van der Waals surface area contributed by atoms with E-state index in [-0.39, 0.29) is 5.82 Å². The molecule has 2 heterocycles. The van der Waals surface area contributed by atoms with Crippen LogP contribution in [0.5, 0.6) is 0 Å². The number of rotatable bonds is 9. The molecular formula is C21H26FN5S. The summed E-state index contributed by atoms with van der Waals surface area (Å²) < 4.78 is 17.7. The molecule has 0 saturated carbocycles. The highest BCUT2D eigenvalue weighted by Gasteiger charge is 2.13. The Morgan fingerprint density at radius 3 is 2.61 bits per heavy atom. The van der Waals surface area contributed by atoms with Crippen molar-refractivity contribution in [3.8, 4) is 11.4 Å². The third-order valence-electron chi connectivity index (χ3n) is 4.69. The molecule has 0 amide bonds. The van der Waals surface area contributed by atoms with Crippen molar-refractivity contribution in [1.82, 2.24) is 24.2 Å². The van der Waals surface area contributed by atoms with Gasteiger partial charge in [-0.3, -0.25) is 9.88 Å². The lowest BCUT2D eigenvalue weighted by molar-refractivity contribution is 0.193. The predicted octanol–water partition coefficient (Wildman–Crippen LogP) is 4.80. The van der Waals surface area contributed by atoms with Gasteiger partial charge in [0, 0.05) is 38.1 Å². The second-order valence-corrected chi connectivity index (χ2v) is 7.30. The van der Waals surface area contributed by atoms with E-state index in [0.29, 0.717) is 11.4 Å². The number of hydrogen-bond donors (Lipinski definition) is 0. The standard InChI is InChI=1S/C21H26FN5S/c1-3-4-5-13-26(15-17-8-10-19(22)11-9-17)16-27-21(28)25(2)20(24-27)18-7-6-12-23-14-18/h6-12,14H,3-5,13,15-16H2,1-2H3. The van der Waals surface area contributed by atoms with Crippen LogP contribution in [0.15, 0.2) is 48.8 Å². The van der Waals surface area contributed by atoms with Gasteiger partial charge in [0.15, 0.2) is 10.6 Å². The van der Waals surface area contributed by atoms with Gasteiger partial charge in [0.25, 0.3) is 0 Å². The zero-order valence-electron chi connectivity index (χ0n) is 16.4. The smallest absolute Gasteiger partial charge is 0.199 e. The molecular weight excluding hydrogens is 373 g/mol. The minimum atomic E-state index is -0.214.